The van der Waals surface area contributed by atoms with E-state index in [0.717, 1.165) is 9.67 Å². The average Bonchev–Trinajstić information content (AvgIpc) is 3.49. The third-order valence-corrected chi connectivity index (χ3v) is 5.48. The minimum atomic E-state index is -0.465. The molecule has 11 heteroatoms. The van der Waals surface area contributed by atoms with Crippen molar-refractivity contribution in [1.82, 2.24) is 25.5 Å². The van der Waals surface area contributed by atoms with Gasteiger partial charge in [0.05, 0.1) is 4.88 Å². The van der Waals surface area contributed by atoms with Crippen molar-refractivity contribution in [2.24, 2.45) is 0 Å². The zero-order chi connectivity index (χ0) is 23.2. The van der Waals surface area contributed by atoms with Crippen LogP contribution in [0, 0.1) is 5.82 Å². The highest BCUT2D eigenvalue weighted by molar-refractivity contribution is 7.13. The summed E-state index contributed by atoms with van der Waals surface area (Å²) in [7, 11) is 0. The van der Waals surface area contributed by atoms with Crippen LogP contribution in [-0.4, -0.2) is 43.7 Å². The predicted molar refractivity (Wildman–Crippen MR) is 120 cm³/mol. The highest BCUT2D eigenvalue weighted by Crippen LogP contribution is 2.21. The quantitative estimate of drug-likeness (QED) is 0.413. The van der Waals surface area contributed by atoms with Gasteiger partial charge in [0.1, 0.15) is 24.7 Å². The third kappa shape index (κ3) is 5.77. The lowest BCUT2D eigenvalue weighted by atomic mass is 10.2. The maximum Gasteiger partial charge on any atom is 0.251 e. The van der Waals surface area contributed by atoms with Gasteiger partial charge in [-0.2, -0.15) is 4.80 Å². The Balaban J connectivity index is 1.46. The van der Waals surface area contributed by atoms with E-state index >= 15 is 0 Å². The SMILES string of the molecule is O=C(CN(C(=O)Cn1nnc(-c2cccs2)n1)c1cccc(O)c1)NCc1ccc(F)cc1. The van der Waals surface area contributed by atoms with Crippen molar-refractivity contribution in [1.29, 1.82) is 0 Å². The number of nitrogens with zero attached hydrogens (tertiary/aromatic N) is 5. The number of nitrogens with one attached hydrogen (secondary N) is 1. The van der Waals surface area contributed by atoms with Crippen molar-refractivity contribution < 1.29 is 19.1 Å². The van der Waals surface area contributed by atoms with Crippen LogP contribution in [0.1, 0.15) is 5.56 Å². The second-order valence-electron chi connectivity index (χ2n) is 7.02. The number of phenolic OH excluding ortho intramolecular Hbond substituents is 1. The van der Waals surface area contributed by atoms with Crippen LogP contribution in [0.2, 0.25) is 0 Å². The Morgan fingerprint density at radius 1 is 1.12 bits per heavy atom. The van der Waals surface area contributed by atoms with Gasteiger partial charge in [0.25, 0.3) is 5.91 Å². The summed E-state index contributed by atoms with van der Waals surface area (Å²) in [6.45, 7) is -0.370. The van der Waals surface area contributed by atoms with E-state index in [0.29, 0.717) is 17.1 Å². The number of aromatic hydroxyl groups is 1. The van der Waals surface area contributed by atoms with Crippen LogP contribution in [0.25, 0.3) is 10.7 Å². The topological polar surface area (TPSA) is 113 Å². The molecular weight excluding hydrogens is 447 g/mol. The normalized spacial score (nSPS) is 10.7. The highest BCUT2D eigenvalue weighted by atomic mass is 32.1. The van der Waals surface area contributed by atoms with Crippen molar-refractivity contribution in [2.75, 3.05) is 11.4 Å². The first-order chi connectivity index (χ1) is 16.0. The molecular formula is C22H19FN6O3S. The molecule has 0 spiro atoms. The van der Waals surface area contributed by atoms with E-state index in [1.807, 2.05) is 17.5 Å². The van der Waals surface area contributed by atoms with Crippen molar-refractivity contribution in [3.63, 3.8) is 0 Å². The van der Waals surface area contributed by atoms with Crippen LogP contribution < -0.4 is 10.2 Å². The fourth-order valence-corrected chi connectivity index (χ4v) is 3.66. The summed E-state index contributed by atoms with van der Waals surface area (Å²) in [5, 5.41) is 26.5. The number of phenols is 1. The summed E-state index contributed by atoms with van der Waals surface area (Å²) < 4.78 is 13.1. The van der Waals surface area contributed by atoms with Gasteiger partial charge in [-0.15, -0.1) is 21.5 Å². The number of tetrazole rings is 1. The summed E-state index contributed by atoms with van der Waals surface area (Å²) >= 11 is 1.45. The Bertz CT molecular complexity index is 1240. The van der Waals surface area contributed by atoms with Crippen molar-refractivity contribution >= 4 is 28.8 Å². The molecule has 33 heavy (non-hydrogen) atoms. The summed E-state index contributed by atoms with van der Waals surface area (Å²) in [6, 6.07) is 15.5. The molecule has 0 bridgehead atoms. The molecule has 0 fully saturated rings. The first kappa shape index (κ1) is 22.1. The summed E-state index contributed by atoms with van der Waals surface area (Å²) in [5.74, 6) is -0.904. The summed E-state index contributed by atoms with van der Waals surface area (Å²) in [4.78, 5) is 28.8. The number of hydrogen-bond donors (Lipinski definition) is 2. The van der Waals surface area contributed by atoms with Gasteiger partial charge in [-0.05, 0) is 46.5 Å². The Hall–Kier alpha value is -4.12. The molecule has 0 aliphatic carbocycles. The Morgan fingerprint density at radius 3 is 2.67 bits per heavy atom. The number of rotatable bonds is 8. The molecule has 0 unspecified atom stereocenters. The lowest BCUT2D eigenvalue weighted by molar-refractivity contribution is -0.124. The monoisotopic (exact) mass is 466 g/mol. The minimum absolute atomic E-state index is 0.0455. The van der Waals surface area contributed by atoms with Crippen molar-refractivity contribution in [2.45, 2.75) is 13.1 Å². The molecule has 2 aromatic carbocycles. The standard InChI is InChI=1S/C22H19FN6O3S/c23-16-8-6-15(7-9-16)12-24-20(31)13-28(17-3-1-4-18(30)11-17)21(32)14-29-26-22(25-27-29)19-5-2-10-33-19/h1-11,30H,12-14H2,(H,24,31). The first-order valence-electron chi connectivity index (χ1n) is 9.90. The van der Waals surface area contributed by atoms with Crippen LogP contribution in [0.4, 0.5) is 10.1 Å². The van der Waals surface area contributed by atoms with Crippen molar-refractivity contribution in [3.8, 4) is 16.5 Å². The van der Waals surface area contributed by atoms with Gasteiger partial charge in [-0.3, -0.25) is 9.59 Å². The van der Waals surface area contributed by atoms with E-state index in [1.165, 1.54) is 40.5 Å². The molecule has 2 aromatic heterocycles. The fourth-order valence-electron chi connectivity index (χ4n) is 3.01. The number of amides is 2. The lowest BCUT2D eigenvalue weighted by Gasteiger charge is -2.22. The fraction of sp³-hybridized carbons (Fsp3) is 0.136. The number of anilines is 1. The molecule has 0 aliphatic rings. The van der Waals surface area contributed by atoms with Gasteiger partial charge in [-0.1, -0.05) is 24.3 Å². The van der Waals surface area contributed by atoms with Gasteiger partial charge >= 0.3 is 0 Å². The predicted octanol–water partition coefficient (Wildman–Crippen LogP) is 2.60. The molecule has 9 nitrogen and oxygen atoms in total. The van der Waals surface area contributed by atoms with Gasteiger partial charge in [-0.25, -0.2) is 4.39 Å². The van der Waals surface area contributed by atoms with E-state index in [2.05, 4.69) is 20.7 Å². The highest BCUT2D eigenvalue weighted by Gasteiger charge is 2.21. The Labute approximate surface area is 192 Å². The second kappa shape index (κ2) is 10.0. The Kier molecular flexibility index (Phi) is 6.69. The largest absolute Gasteiger partial charge is 0.508 e. The number of hydrogen-bond acceptors (Lipinski definition) is 7. The molecule has 2 heterocycles. The van der Waals surface area contributed by atoms with Crippen LogP contribution in [0.15, 0.2) is 66.0 Å². The molecule has 0 saturated heterocycles. The van der Waals surface area contributed by atoms with E-state index in [9.17, 15) is 19.1 Å². The molecule has 2 N–H and O–H groups in total. The molecule has 0 aliphatic heterocycles. The molecule has 4 rings (SSSR count). The average molecular weight is 466 g/mol. The Morgan fingerprint density at radius 2 is 1.94 bits per heavy atom. The van der Waals surface area contributed by atoms with Crippen LogP contribution in [-0.2, 0) is 22.7 Å². The molecule has 0 atom stereocenters. The molecule has 168 valence electrons. The summed E-state index contributed by atoms with van der Waals surface area (Å²) in [6.07, 6.45) is 0. The van der Waals surface area contributed by atoms with Gasteiger partial charge in [0.2, 0.25) is 11.7 Å². The molecule has 4 aromatic rings. The summed E-state index contributed by atoms with van der Waals surface area (Å²) in [5.41, 5.74) is 1.06. The number of aromatic nitrogens is 4. The van der Waals surface area contributed by atoms with Crippen LogP contribution in [0.5, 0.6) is 5.75 Å². The molecule has 0 saturated carbocycles. The van der Waals surface area contributed by atoms with Gasteiger partial charge < -0.3 is 15.3 Å². The molecule has 2 amide bonds. The van der Waals surface area contributed by atoms with E-state index in [-0.39, 0.29) is 31.2 Å². The third-order valence-electron chi connectivity index (χ3n) is 4.62. The first-order valence-corrected chi connectivity index (χ1v) is 10.8. The number of benzene rings is 2. The zero-order valence-electron chi connectivity index (χ0n) is 17.3. The van der Waals surface area contributed by atoms with Crippen LogP contribution >= 0.6 is 11.3 Å². The van der Waals surface area contributed by atoms with Crippen molar-refractivity contribution in [3.05, 3.63) is 77.4 Å². The smallest absolute Gasteiger partial charge is 0.251 e. The van der Waals surface area contributed by atoms with Gasteiger partial charge in [0.15, 0.2) is 0 Å². The van der Waals surface area contributed by atoms with E-state index < -0.39 is 11.8 Å². The number of carbonyl (C=O) groups excluding carboxylic acids is 2. The number of carbonyl (C=O) groups is 2. The lowest BCUT2D eigenvalue weighted by Crippen LogP contribution is -2.42. The maximum absolute atomic E-state index is 13.1. The van der Waals surface area contributed by atoms with Crippen LogP contribution in [0.3, 0.4) is 0 Å². The minimum Gasteiger partial charge on any atom is -0.508 e. The van der Waals surface area contributed by atoms with Gasteiger partial charge in [0, 0.05) is 18.3 Å². The zero-order valence-corrected chi connectivity index (χ0v) is 18.1. The number of thiophene rings is 1. The molecule has 0 radical (unpaired) electrons. The van der Waals surface area contributed by atoms with E-state index in [1.54, 1.807) is 24.3 Å². The number of halogens is 1. The maximum atomic E-state index is 13.1. The van der Waals surface area contributed by atoms with E-state index in [4.69, 9.17) is 0 Å². The second-order valence-corrected chi connectivity index (χ2v) is 7.97.